The molecule has 0 aliphatic carbocycles. The van der Waals surface area contributed by atoms with E-state index in [4.69, 9.17) is 24.4 Å². The predicted molar refractivity (Wildman–Crippen MR) is 159 cm³/mol. The van der Waals surface area contributed by atoms with E-state index < -0.39 is 11.9 Å². The Bertz CT molecular complexity index is 1540. The first-order valence-corrected chi connectivity index (χ1v) is 12.8. The summed E-state index contributed by atoms with van der Waals surface area (Å²) in [6.45, 7) is 1.75. The van der Waals surface area contributed by atoms with Gasteiger partial charge in [0.05, 0.1) is 27.7 Å². The van der Waals surface area contributed by atoms with Crippen LogP contribution in [0.15, 0.2) is 114 Å². The Labute approximate surface area is 247 Å². The molecule has 0 saturated carbocycles. The van der Waals surface area contributed by atoms with Gasteiger partial charge >= 0.3 is 16.5 Å². The largest absolute Gasteiger partial charge is 2.00 e. The number of amides is 2. The molecular weight excluding hydrogens is 569 g/mol. The van der Waals surface area contributed by atoms with E-state index in [0.717, 1.165) is 16.7 Å². The second-order valence-electron chi connectivity index (χ2n) is 8.76. The summed E-state index contributed by atoms with van der Waals surface area (Å²) in [4.78, 5) is 29.9. The zero-order valence-electron chi connectivity index (χ0n) is 20.8. The Morgan fingerprint density at radius 1 is 0.744 bits per heavy atom. The molecule has 1 aliphatic rings. The van der Waals surface area contributed by atoms with E-state index in [-0.39, 0.29) is 28.0 Å². The van der Waals surface area contributed by atoms with Crippen molar-refractivity contribution in [3.63, 3.8) is 0 Å². The molecule has 0 saturated heterocycles. The molecule has 1 heterocycles. The number of anilines is 1. The molecule has 1 aliphatic heterocycles. The van der Waals surface area contributed by atoms with Gasteiger partial charge in [-0.15, -0.1) is 0 Å². The third-order valence-corrected chi connectivity index (χ3v) is 6.93. The maximum atomic E-state index is 13.9. The minimum atomic E-state index is -0.578. The molecule has 4 aromatic carbocycles. The van der Waals surface area contributed by atoms with Crippen LogP contribution in [0.3, 0.4) is 0 Å². The van der Waals surface area contributed by atoms with Crippen molar-refractivity contribution in [2.24, 2.45) is 5.10 Å². The van der Waals surface area contributed by atoms with E-state index in [1.54, 1.807) is 25.1 Å². The third-order valence-electron chi connectivity index (χ3n) is 6.31. The minimum Gasteiger partial charge on any atom is -0.277 e. The van der Waals surface area contributed by atoms with Gasteiger partial charge in [0, 0.05) is 4.86 Å². The van der Waals surface area contributed by atoms with Gasteiger partial charge in [0.15, 0.2) is 0 Å². The number of benzene rings is 4. The fourth-order valence-corrected chi connectivity index (χ4v) is 5.07. The fraction of sp³-hybridized carbons (Fsp3) is 0.0645. The Morgan fingerprint density at radius 3 is 1.82 bits per heavy atom. The predicted octanol–water partition coefficient (Wildman–Crippen LogP) is 6.65. The summed E-state index contributed by atoms with van der Waals surface area (Å²) in [5, 5.41) is 4.50. The van der Waals surface area contributed by atoms with Crippen molar-refractivity contribution in [2.75, 3.05) is 5.43 Å². The van der Waals surface area contributed by atoms with Gasteiger partial charge in [0.2, 0.25) is 0 Å². The monoisotopic (exact) mass is 591 g/mol. The van der Waals surface area contributed by atoms with Crippen molar-refractivity contribution < 1.29 is 26.1 Å². The van der Waals surface area contributed by atoms with Crippen molar-refractivity contribution >= 4 is 57.4 Å². The number of carbonyl (C=O) groups is 2. The molecular formula is C31H23N3NiO2S2+2. The molecule has 1 N–H and O–H groups in total. The summed E-state index contributed by atoms with van der Waals surface area (Å²) < 4.78 is 0. The van der Waals surface area contributed by atoms with Crippen molar-refractivity contribution in [3.05, 3.63) is 137 Å². The van der Waals surface area contributed by atoms with Gasteiger partial charge in [0.1, 0.15) is 5.71 Å². The number of thiocarbonyl (C=S) groups is 2. The van der Waals surface area contributed by atoms with Gasteiger partial charge in [-0.3, -0.25) is 19.9 Å². The van der Waals surface area contributed by atoms with Crippen LogP contribution in [0.2, 0.25) is 0 Å². The van der Waals surface area contributed by atoms with Crippen LogP contribution in [0.5, 0.6) is 0 Å². The molecule has 0 bridgehead atoms. The molecule has 0 atom stereocenters. The quantitative estimate of drug-likeness (QED) is 0.0621. The van der Waals surface area contributed by atoms with Gasteiger partial charge in [-0.25, -0.2) is 0 Å². The zero-order valence-corrected chi connectivity index (χ0v) is 23.4. The summed E-state index contributed by atoms with van der Waals surface area (Å²) in [6, 6.07) is 33.1. The molecule has 0 radical (unpaired) electrons. The Morgan fingerprint density at radius 2 is 1.28 bits per heavy atom. The molecule has 0 aromatic heterocycles. The van der Waals surface area contributed by atoms with Crippen LogP contribution in [0, 0.1) is 0 Å². The summed E-state index contributed by atoms with van der Waals surface area (Å²) in [7, 11) is 0. The van der Waals surface area contributed by atoms with Gasteiger partial charge in [-0.05, 0) is 35.7 Å². The number of rotatable bonds is 8. The first kappa shape index (κ1) is 28.2. The van der Waals surface area contributed by atoms with Crippen LogP contribution < -0.4 is 5.43 Å². The van der Waals surface area contributed by atoms with Crippen LogP contribution in [-0.2, 0) is 16.5 Å². The SMILES string of the molecule is CC(=S)C(=NNc1cccc2c1C(=O)N(C(c1ccccc1)c1ccccc1)C2=O)C(=S)c1ccccc1.[Ni+2]. The van der Waals surface area contributed by atoms with Crippen LogP contribution >= 0.6 is 24.4 Å². The standard InChI is InChI=1S/C31H23N3O2S2.Ni/c1-20(37)27(29(38)23-16-9-4-10-17-23)33-32-25-19-11-18-24-26(25)31(36)34(30(24)35)28(21-12-5-2-6-13-21)22-14-7-3-8-15-22;/h2-19,28,32H,1H3;/q;+2. The number of imide groups is 1. The summed E-state index contributed by atoms with van der Waals surface area (Å²) >= 11 is 11.1. The molecule has 5 nitrogen and oxygen atoms in total. The van der Waals surface area contributed by atoms with E-state index >= 15 is 0 Å². The Kier molecular flexibility index (Phi) is 8.92. The number of nitrogens with one attached hydrogen (secondary N) is 1. The van der Waals surface area contributed by atoms with Crippen LogP contribution in [-0.4, -0.2) is 32.2 Å². The average Bonchev–Trinajstić information content (AvgIpc) is 3.20. The Hall–Kier alpha value is -3.84. The zero-order chi connectivity index (χ0) is 26.6. The van der Waals surface area contributed by atoms with Crippen LogP contribution in [0.4, 0.5) is 5.69 Å². The first-order valence-electron chi connectivity index (χ1n) is 12.0. The van der Waals surface area contributed by atoms with Crippen molar-refractivity contribution in [3.8, 4) is 0 Å². The maximum Gasteiger partial charge on any atom is 2.00 e. The Balaban J connectivity index is 0.00000353. The number of fused-ring (bicyclic) bond motifs is 1. The van der Waals surface area contributed by atoms with Crippen molar-refractivity contribution in [1.29, 1.82) is 0 Å². The van der Waals surface area contributed by atoms with Crippen LogP contribution in [0.1, 0.15) is 50.4 Å². The van der Waals surface area contributed by atoms with Gasteiger partial charge in [-0.2, -0.15) is 5.10 Å². The summed E-state index contributed by atoms with van der Waals surface area (Å²) in [5.41, 5.74) is 6.90. The van der Waals surface area contributed by atoms with E-state index in [2.05, 4.69) is 10.5 Å². The molecule has 2 amide bonds. The molecule has 4 aromatic rings. The van der Waals surface area contributed by atoms with Crippen molar-refractivity contribution in [2.45, 2.75) is 13.0 Å². The van der Waals surface area contributed by atoms with Gasteiger partial charge < -0.3 is 0 Å². The molecule has 0 fully saturated rings. The maximum absolute atomic E-state index is 13.9. The first-order chi connectivity index (χ1) is 18.5. The topological polar surface area (TPSA) is 61.8 Å². The van der Waals surface area contributed by atoms with E-state index in [0.29, 0.717) is 26.7 Å². The molecule has 0 spiro atoms. The van der Waals surface area contributed by atoms with Gasteiger partial charge in [0.25, 0.3) is 11.8 Å². The van der Waals surface area contributed by atoms with Crippen molar-refractivity contribution in [1.82, 2.24) is 4.90 Å². The second kappa shape index (κ2) is 12.3. The smallest absolute Gasteiger partial charge is 0.277 e. The molecule has 0 unspecified atom stereocenters. The minimum absolute atomic E-state index is 0. The van der Waals surface area contributed by atoms with E-state index in [1.165, 1.54) is 4.90 Å². The number of carbonyl (C=O) groups excluding carboxylic acids is 2. The summed E-state index contributed by atoms with van der Waals surface area (Å²) in [5.74, 6) is -0.756. The number of hydrogen-bond donors (Lipinski definition) is 1. The van der Waals surface area contributed by atoms with E-state index in [1.807, 2.05) is 91.0 Å². The third kappa shape index (κ3) is 5.64. The molecule has 194 valence electrons. The second-order valence-corrected chi connectivity index (χ2v) is 9.78. The molecule has 39 heavy (non-hydrogen) atoms. The number of hydrogen-bond acceptors (Lipinski definition) is 6. The summed E-state index contributed by atoms with van der Waals surface area (Å²) in [6.07, 6.45) is 0. The van der Waals surface area contributed by atoms with Crippen LogP contribution in [0.25, 0.3) is 0 Å². The van der Waals surface area contributed by atoms with Gasteiger partial charge in [-0.1, -0.05) is 121 Å². The number of hydrazone groups is 1. The fourth-order valence-electron chi connectivity index (χ4n) is 4.52. The number of nitrogens with zero attached hydrogens (tertiary/aromatic N) is 2. The van der Waals surface area contributed by atoms with E-state index in [9.17, 15) is 9.59 Å². The average molecular weight is 592 g/mol. The molecule has 8 heteroatoms. The normalized spacial score (nSPS) is 12.7. The molecule has 5 rings (SSSR count).